The van der Waals surface area contributed by atoms with Crippen LogP contribution in [0.3, 0.4) is 0 Å². The molecule has 1 aliphatic carbocycles. The maximum absolute atomic E-state index is 12.3. The zero-order valence-electron chi connectivity index (χ0n) is 13.3. The van der Waals surface area contributed by atoms with Crippen molar-refractivity contribution in [3.8, 4) is 5.75 Å². The molecular formula is C17H23NO4. The molecule has 0 radical (unpaired) electrons. The Kier molecular flexibility index (Phi) is 5.06. The molecule has 0 aromatic heterocycles. The Hall–Kier alpha value is -2.04. The van der Waals surface area contributed by atoms with E-state index in [1.54, 1.807) is 0 Å². The fourth-order valence-corrected chi connectivity index (χ4v) is 2.38. The number of hydrogen-bond donors (Lipinski definition) is 1. The molecule has 1 aromatic carbocycles. The average molecular weight is 305 g/mol. The van der Waals surface area contributed by atoms with Gasteiger partial charge in [0.15, 0.2) is 6.61 Å². The minimum Gasteiger partial charge on any atom is -0.484 e. The number of carbonyl (C=O) groups is 2. The second-order valence-electron chi connectivity index (χ2n) is 6.06. The topological polar surface area (TPSA) is 66.8 Å². The molecule has 1 aliphatic rings. The number of nitrogens with zero attached hydrogens (tertiary/aromatic N) is 1. The van der Waals surface area contributed by atoms with Gasteiger partial charge in [-0.2, -0.15) is 0 Å². The third-order valence-electron chi connectivity index (χ3n) is 3.91. The van der Waals surface area contributed by atoms with Crippen LogP contribution in [0.25, 0.3) is 0 Å². The van der Waals surface area contributed by atoms with Gasteiger partial charge in [-0.15, -0.1) is 0 Å². The number of carboxylic acids is 1. The van der Waals surface area contributed by atoms with Gasteiger partial charge in [-0.05, 0) is 43.4 Å². The maximum atomic E-state index is 12.3. The third-order valence-corrected chi connectivity index (χ3v) is 3.91. The predicted molar refractivity (Wildman–Crippen MR) is 83.0 cm³/mol. The number of carboxylic acid groups (broad SMARTS) is 1. The second kappa shape index (κ2) is 6.81. The van der Waals surface area contributed by atoms with E-state index in [0.717, 1.165) is 12.8 Å². The number of aliphatic carboxylic acids is 1. The van der Waals surface area contributed by atoms with Gasteiger partial charge in [0.2, 0.25) is 0 Å². The molecule has 1 unspecified atom stereocenters. The monoisotopic (exact) mass is 305 g/mol. The van der Waals surface area contributed by atoms with Crippen LogP contribution in [0.2, 0.25) is 0 Å². The standard InChI is InChI=1S/C17H23NO4/c1-11(2)13-4-8-15(9-5-13)22-10-16(19)18(14-6-7-14)12(3)17(20)21/h4-5,8-9,11-12,14H,6-7,10H2,1-3H3,(H,20,21). The highest BCUT2D eigenvalue weighted by Crippen LogP contribution is 2.29. The highest BCUT2D eigenvalue weighted by molar-refractivity contribution is 5.84. The molecule has 1 N–H and O–H groups in total. The largest absolute Gasteiger partial charge is 0.484 e. The summed E-state index contributed by atoms with van der Waals surface area (Å²) in [4.78, 5) is 24.8. The second-order valence-corrected chi connectivity index (χ2v) is 6.06. The summed E-state index contributed by atoms with van der Waals surface area (Å²) in [7, 11) is 0. The van der Waals surface area contributed by atoms with Crippen molar-refractivity contribution in [1.82, 2.24) is 4.90 Å². The van der Waals surface area contributed by atoms with Gasteiger partial charge < -0.3 is 14.7 Å². The average Bonchev–Trinajstić information content (AvgIpc) is 3.30. The van der Waals surface area contributed by atoms with E-state index in [9.17, 15) is 9.59 Å². The van der Waals surface area contributed by atoms with E-state index in [2.05, 4.69) is 13.8 Å². The molecule has 0 bridgehead atoms. The lowest BCUT2D eigenvalue weighted by molar-refractivity contribution is -0.150. The zero-order chi connectivity index (χ0) is 16.3. The Morgan fingerprint density at radius 3 is 2.27 bits per heavy atom. The lowest BCUT2D eigenvalue weighted by Crippen LogP contribution is -2.46. The first-order valence-electron chi connectivity index (χ1n) is 7.67. The van der Waals surface area contributed by atoms with Gasteiger partial charge >= 0.3 is 5.97 Å². The van der Waals surface area contributed by atoms with Crippen molar-refractivity contribution >= 4 is 11.9 Å². The van der Waals surface area contributed by atoms with E-state index in [0.29, 0.717) is 11.7 Å². The van der Waals surface area contributed by atoms with E-state index in [1.165, 1.54) is 17.4 Å². The van der Waals surface area contributed by atoms with Crippen LogP contribution in [-0.4, -0.2) is 40.6 Å². The van der Waals surface area contributed by atoms with Crippen molar-refractivity contribution in [1.29, 1.82) is 0 Å². The quantitative estimate of drug-likeness (QED) is 0.841. The molecule has 1 amide bonds. The summed E-state index contributed by atoms with van der Waals surface area (Å²) >= 11 is 0. The van der Waals surface area contributed by atoms with Gasteiger partial charge in [0.25, 0.3) is 5.91 Å². The molecular weight excluding hydrogens is 282 g/mol. The SMILES string of the molecule is CC(C)c1ccc(OCC(=O)N(C2CC2)C(C)C(=O)O)cc1. The van der Waals surface area contributed by atoms with Crippen LogP contribution in [0.15, 0.2) is 24.3 Å². The Morgan fingerprint density at radius 1 is 1.23 bits per heavy atom. The molecule has 0 heterocycles. The first-order valence-corrected chi connectivity index (χ1v) is 7.67. The number of hydrogen-bond acceptors (Lipinski definition) is 3. The van der Waals surface area contributed by atoms with E-state index in [4.69, 9.17) is 9.84 Å². The molecule has 5 nitrogen and oxygen atoms in total. The number of amides is 1. The minimum atomic E-state index is -0.985. The van der Waals surface area contributed by atoms with Crippen molar-refractivity contribution in [2.75, 3.05) is 6.61 Å². The lowest BCUT2D eigenvalue weighted by atomic mass is 10.0. The Balaban J connectivity index is 1.94. The van der Waals surface area contributed by atoms with Gasteiger partial charge in [-0.25, -0.2) is 4.79 Å². The summed E-state index contributed by atoms with van der Waals surface area (Å²) in [6, 6.07) is 6.86. The van der Waals surface area contributed by atoms with E-state index < -0.39 is 12.0 Å². The first-order chi connectivity index (χ1) is 10.4. The van der Waals surface area contributed by atoms with Crippen LogP contribution in [0.4, 0.5) is 0 Å². The normalized spacial score (nSPS) is 15.5. The number of ether oxygens (including phenoxy) is 1. The molecule has 1 fully saturated rings. The smallest absolute Gasteiger partial charge is 0.326 e. The van der Waals surface area contributed by atoms with E-state index >= 15 is 0 Å². The summed E-state index contributed by atoms with van der Waals surface area (Å²) in [5.41, 5.74) is 1.21. The molecule has 1 aromatic rings. The van der Waals surface area contributed by atoms with Gasteiger partial charge in [0.05, 0.1) is 0 Å². The summed E-state index contributed by atoms with van der Waals surface area (Å²) in [6.07, 6.45) is 1.74. The van der Waals surface area contributed by atoms with Gasteiger partial charge in [0.1, 0.15) is 11.8 Å². The van der Waals surface area contributed by atoms with Crippen LogP contribution in [0, 0.1) is 0 Å². The predicted octanol–water partition coefficient (Wildman–Crippen LogP) is 2.65. The molecule has 1 atom stereocenters. The maximum Gasteiger partial charge on any atom is 0.326 e. The highest BCUT2D eigenvalue weighted by Gasteiger charge is 2.38. The summed E-state index contributed by atoms with van der Waals surface area (Å²) < 4.78 is 5.51. The first kappa shape index (κ1) is 16.3. The van der Waals surface area contributed by atoms with Crippen LogP contribution in [-0.2, 0) is 9.59 Å². The summed E-state index contributed by atoms with van der Waals surface area (Å²) in [6.45, 7) is 5.63. The Morgan fingerprint density at radius 2 is 1.82 bits per heavy atom. The summed E-state index contributed by atoms with van der Waals surface area (Å²) in [5.74, 6) is -0.194. The van der Waals surface area contributed by atoms with Crippen molar-refractivity contribution in [3.63, 3.8) is 0 Å². The molecule has 0 aliphatic heterocycles. The molecule has 0 spiro atoms. The Labute approximate surface area is 130 Å². The van der Waals surface area contributed by atoms with Gasteiger partial charge in [-0.1, -0.05) is 26.0 Å². The number of carbonyl (C=O) groups excluding carboxylic acids is 1. The van der Waals surface area contributed by atoms with E-state index in [1.807, 2.05) is 24.3 Å². The highest BCUT2D eigenvalue weighted by atomic mass is 16.5. The van der Waals surface area contributed by atoms with Crippen molar-refractivity contribution < 1.29 is 19.4 Å². The number of benzene rings is 1. The fourth-order valence-electron chi connectivity index (χ4n) is 2.38. The zero-order valence-corrected chi connectivity index (χ0v) is 13.3. The van der Waals surface area contributed by atoms with E-state index in [-0.39, 0.29) is 18.6 Å². The van der Waals surface area contributed by atoms with Crippen molar-refractivity contribution in [3.05, 3.63) is 29.8 Å². The number of rotatable bonds is 7. The van der Waals surface area contributed by atoms with Crippen LogP contribution in [0.5, 0.6) is 5.75 Å². The van der Waals surface area contributed by atoms with Crippen LogP contribution in [0.1, 0.15) is 45.1 Å². The molecule has 0 saturated heterocycles. The third kappa shape index (κ3) is 4.00. The molecule has 2 rings (SSSR count). The van der Waals surface area contributed by atoms with Gasteiger partial charge in [-0.3, -0.25) is 4.79 Å². The lowest BCUT2D eigenvalue weighted by Gasteiger charge is -2.26. The van der Waals surface area contributed by atoms with Crippen molar-refractivity contribution in [2.45, 2.75) is 51.6 Å². The molecule has 22 heavy (non-hydrogen) atoms. The van der Waals surface area contributed by atoms with Crippen molar-refractivity contribution in [2.24, 2.45) is 0 Å². The van der Waals surface area contributed by atoms with Crippen LogP contribution < -0.4 is 4.74 Å². The van der Waals surface area contributed by atoms with Crippen LogP contribution >= 0.6 is 0 Å². The molecule has 120 valence electrons. The fraction of sp³-hybridized carbons (Fsp3) is 0.529. The summed E-state index contributed by atoms with van der Waals surface area (Å²) in [5, 5.41) is 9.11. The minimum absolute atomic E-state index is 0.0468. The molecule has 5 heteroatoms. The molecule has 1 saturated carbocycles. The Bertz CT molecular complexity index is 534. The van der Waals surface area contributed by atoms with Gasteiger partial charge in [0, 0.05) is 6.04 Å².